The number of aliphatic hydroxyl groups is 1. The second-order valence-electron chi connectivity index (χ2n) is 6.84. The molecule has 3 heterocycles. The Balaban J connectivity index is 1.49. The first-order valence-corrected chi connectivity index (χ1v) is 9.75. The zero-order valence-corrected chi connectivity index (χ0v) is 14.5. The van der Waals surface area contributed by atoms with Crippen LogP contribution in [0.5, 0.6) is 0 Å². The van der Waals surface area contributed by atoms with Crippen LogP contribution in [0.3, 0.4) is 0 Å². The van der Waals surface area contributed by atoms with Gasteiger partial charge in [0.2, 0.25) is 0 Å². The van der Waals surface area contributed by atoms with Gasteiger partial charge in [-0.2, -0.15) is 11.8 Å². The molecule has 1 atom stereocenters. The lowest BCUT2D eigenvalue weighted by atomic mass is 9.86. The topological polar surface area (TPSA) is 53.4 Å². The van der Waals surface area contributed by atoms with Gasteiger partial charge in [-0.1, -0.05) is 18.2 Å². The van der Waals surface area contributed by atoms with E-state index < -0.39 is 5.60 Å². The van der Waals surface area contributed by atoms with E-state index in [1.54, 1.807) is 11.8 Å². The van der Waals surface area contributed by atoms with Gasteiger partial charge in [-0.05, 0) is 47.9 Å². The Morgan fingerprint density at radius 3 is 2.88 bits per heavy atom. The van der Waals surface area contributed by atoms with Gasteiger partial charge in [-0.3, -0.25) is 9.78 Å². The summed E-state index contributed by atoms with van der Waals surface area (Å²) in [7, 11) is 0. The smallest absolute Gasteiger partial charge is 0.255 e. The Morgan fingerprint density at radius 1 is 1.29 bits per heavy atom. The van der Waals surface area contributed by atoms with E-state index in [9.17, 15) is 9.90 Å². The van der Waals surface area contributed by atoms with E-state index in [4.69, 9.17) is 0 Å². The predicted molar refractivity (Wildman–Crippen MR) is 97.2 cm³/mol. The lowest BCUT2D eigenvalue weighted by Crippen LogP contribution is -2.51. The van der Waals surface area contributed by atoms with Crippen molar-refractivity contribution < 1.29 is 9.90 Å². The third-order valence-corrected chi connectivity index (χ3v) is 6.51. The normalized spacial score (nSPS) is 25.3. The number of carbonyl (C=O) groups is 1. The Hall–Kier alpha value is -1.59. The number of hydrogen-bond acceptors (Lipinski definition) is 4. The molecule has 2 fully saturated rings. The molecule has 0 aliphatic carbocycles. The molecule has 2 aliphatic heterocycles. The van der Waals surface area contributed by atoms with Crippen molar-refractivity contribution in [1.82, 2.24) is 9.88 Å². The van der Waals surface area contributed by atoms with E-state index in [1.165, 1.54) is 16.3 Å². The van der Waals surface area contributed by atoms with Gasteiger partial charge in [0.25, 0.3) is 5.91 Å². The van der Waals surface area contributed by atoms with E-state index in [1.807, 2.05) is 17.3 Å². The van der Waals surface area contributed by atoms with Crippen molar-refractivity contribution >= 4 is 28.4 Å². The van der Waals surface area contributed by atoms with Crippen molar-refractivity contribution in [1.29, 1.82) is 0 Å². The number of thioether (sulfide) groups is 1. The van der Waals surface area contributed by atoms with Crippen molar-refractivity contribution in [3.8, 4) is 0 Å². The van der Waals surface area contributed by atoms with Gasteiger partial charge in [0.1, 0.15) is 0 Å². The van der Waals surface area contributed by atoms with Gasteiger partial charge >= 0.3 is 0 Å². The fourth-order valence-corrected chi connectivity index (χ4v) is 5.15. The highest BCUT2D eigenvalue weighted by Crippen LogP contribution is 2.35. The molecule has 2 aromatic rings. The molecule has 0 spiro atoms. The lowest BCUT2D eigenvalue weighted by Gasteiger charge is -2.36. The molecule has 2 aliphatic rings. The van der Waals surface area contributed by atoms with Gasteiger partial charge in [-0.25, -0.2) is 0 Å². The van der Waals surface area contributed by atoms with E-state index >= 15 is 0 Å². The molecule has 1 unspecified atom stereocenters. The third kappa shape index (κ3) is 2.80. The number of carbonyl (C=O) groups excluding carboxylic acids is 1. The van der Waals surface area contributed by atoms with Gasteiger partial charge in [-0.15, -0.1) is 0 Å². The quantitative estimate of drug-likeness (QED) is 0.912. The predicted octanol–water partition coefficient (Wildman–Crippen LogP) is 2.81. The number of aromatic nitrogens is 1. The molecule has 1 aromatic carbocycles. The highest BCUT2D eigenvalue weighted by atomic mass is 32.2. The summed E-state index contributed by atoms with van der Waals surface area (Å²) in [4.78, 5) is 18.7. The maximum absolute atomic E-state index is 12.6. The molecule has 24 heavy (non-hydrogen) atoms. The SMILES string of the molecule is O=C(N1CCC(c2cccc3cnccc23)CC1)C1(O)CCSC1. The number of fused-ring (bicyclic) bond motifs is 1. The summed E-state index contributed by atoms with van der Waals surface area (Å²) < 4.78 is 0. The average Bonchev–Trinajstić information content (AvgIpc) is 3.09. The summed E-state index contributed by atoms with van der Waals surface area (Å²) in [6.45, 7) is 1.47. The Labute approximate surface area is 146 Å². The van der Waals surface area contributed by atoms with Crippen LogP contribution in [-0.4, -0.2) is 51.1 Å². The molecule has 2 saturated heterocycles. The third-order valence-electron chi connectivity index (χ3n) is 5.34. The van der Waals surface area contributed by atoms with Crippen LogP contribution in [0, 0.1) is 0 Å². The van der Waals surface area contributed by atoms with E-state index in [0.29, 0.717) is 18.1 Å². The molecule has 4 rings (SSSR count). The van der Waals surface area contributed by atoms with Crippen LogP contribution in [-0.2, 0) is 4.79 Å². The molecule has 1 aromatic heterocycles. The summed E-state index contributed by atoms with van der Waals surface area (Å²) in [6.07, 6.45) is 6.25. The van der Waals surface area contributed by atoms with Gasteiger partial charge in [0, 0.05) is 36.6 Å². The van der Waals surface area contributed by atoms with Crippen molar-refractivity contribution in [3.05, 3.63) is 42.2 Å². The first-order valence-electron chi connectivity index (χ1n) is 8.59. The maximum Gasteiger partial charge on any atom is 0.255 e. The molecule has 0 bridgehead atoms. The fourth-order valence-electron chi connectivity index (χ4n) is 3.91. The highest BCUT2D eigenvalue weighted by Gasteiger charge is 2.42. The molecule has 0 saturated carbocycles. The molecule has 4 nitrogen and oxygen atoms in total. The standard InChI is InChI=1S/C19H22N2O2S/c22-18(19(23)7-11-24-13-19)21-9-5-14(6-10-21)16-3-1-2-15-12-20-8-4-17(15)16/h1-4,8,12,14,23H,5-7,9-11,13H2. The van der Waals surface area contributed by atoms with E-state index in [0.717, 1.165) is 31.7 Å². The largest absolute Gasteiger partial charge is 0.379 e. The monoisotopic (exact) mass is 342 g/mol. The minimum absolute atomic E-state index is 0.0620. The molecular weight excluding hydrogens is 320 g/mol. The molecule has 5 heteroatoms. The van der Waals surface area contributed by atoms with E-state index in [2.05, 4.69) is 29.2 Å². The van der Waals surface area contributed by atoms with Gasteiger partial charge in [0.15, 0.2) is 5.60 Å². The highest BCUT2D eigenvalue weighted by molar-refractivity contribution is 7.99. The molecule has 1 amide bonds. The summed E-state index contributed by atoms with van der Waals surface area (Å²) in [6, 6.07) is 8.47. The second-order valence-corrected chi connectivity index (χ2v) is 7.95. The number of amides is 1. The van der Waals surface area contributed by atoms with Gasteiger partial charge < -0.3 is 10.0 Å². The van der Waals surface area contributed by atoms with Crippen molar-refractivity contribution in [2.45, 2.75) is 30.8 Å². The van der Waals surface area contributed by atoms with Crippen molar-refractivity contribution in [3.63, 3.8) is 0 Å². The van der Waals surface area contributed by atoms with Crippen LogP contribution in [0.2, 0.25) is 0 Å². The first kappa shape index (κ1) is 15.9. The van der Waals surface area contributed by atoms with Crippen LogP contribution in [0.15, 0.2) is 36.7 Å². The summed E-state index contributed by atoms with van der Waals surface area (Å²) in [5, 5.41) is 13.0. The van der Waals surface area contributed by atoms with Crippen molar-refractivity contribution in [2.75, 3.05) is 24.6 Å². The van der Waals surface area contributed by atoms with Crippen LogP contribution >= 0.6 is 11.8 Å². The van der Waals surface area contributed by atoms with Crippen LogP contribution < -0.4 is 0 Å². The maximum atomic E-state index is 12.6. The zero-order chi connectivity index (χ0) is 16.6. The Bertz CT molecular complexity index is 745. The zero-order valence-electron chi connectivity index (χ0n) is 13.6. The second kappa shape index (κ2) is 6.37. The van der Waals surface area contributed by atoms with Crippen molar-refractivity contribution in [2.24, 2.45) is 0 Å². The Morgan fingerprint density at radius 2 is 2.12 bits per heavy atom. The molecular formula is C19H22N2O2S. The van der Waals surface area contributed by atoms with Gasteiger partial charge in [0.05, 0.1) is 0 Å². The van der Waals surface area contributed by atoms with Crippen LogP contribution in [0.1, 0.15) is 30.7 Å². The minimum atomic E-state index is -1.12. The summed E-state index contributed by atoms with van der Waals surface area (Å²) >= 11 is 1.67. The number of benzene rings is 1. The molecule has 1 N–H and O–H groups in total. The molecule has 126 valence electrons. The summed E-state index contributed by atoms with van der Waals surface area (Å²) in [5.74, 6) is 1.82. The van der Waals surface area contributed by atoms with Crippen LogP contribution in [0.25, 0.3) is 10.8 Å². The number of likely N-dealkylation sites (tertiary alicyclic amines) is 1. The lowest BCUT2D eigenvalue weighted by molar-refractivity contribution is -0.149. The van der Waals surface area contributed by atoms with E-state index in [-0.39, 0.29) is 5.91 Å². The van der Waals surface area contributed by atoms with Crippen LogP contribution in [0.4, 0.5) is 0 Å². The minimum Gasteiger partial charge on any atom is -0.379 e. The Kier molecular flexibility index (Phi) is 4.22. The first-order chi connectivity index (χ1) is 11.7. The number of nitrogens with zero attached hydrogens (tertiary/aromatic N) is 2. The number of hydrogen-bond donors (Lipinski definition) is 1. The number of rotatable bonds is 2. The average molecular weight is 342 g/mol. The molecule has 0 radical (unpaired) electrons. The fraction of sp³-hybridized carbons (Fsp3) is 0.474. The number of piperidine rings is 1. The number of pyridine rings is 1. The summed E-state index contributed by atoms with van der Waals surface area (Å²) in [5.41, 5.74) is 0.236.